The molecule has 0 heterocycles. The first-order valence-corrected chi connectivity index (χ1v) is 30.4. The summed E-state index contributed by atoms with van der Waals surface area (Å²) in [5, 5.41) is 9.71. The van der Waals surface area contributed by atoms with Crippen LogP contribution in [-0.4, -0.2) is 87.4 Å². The number of likely N-dealkylation sites (N-methyl/N-ethyl adjacent to an activating group) is 1. The molecule has 430 valence electrons. The van der Waals surface area contributed by atoms with E-state index in [4.69, 9.17) is 18.9 Å². The average Bonchev–Trinajstić information content (AvgIpc) is 3.38. The highest BCUT2D eigenvalue weighted by atomic mass is 16.7. The fraction of sp³-hybridized carbons (Fsp3) is 0.712. The van der Waals surface area contributed by atoms with Crippen LogP contribution in [0.3, 0.4) is 0 Å². The van der Waals surface area contributed by atoms with Gasteiger partial charge in [-0.2, -0.15) is 0 Å². The van der Waals surface area contributed by atoms with E-state index in [0.717, 1.165) is 109 Å². The molecule has 0 spiro atoms. The largest absolute Gasteiger partial charge is 0.477 e. The van der Waals surface area contributed by atoms with Gasteiger partial charge in [-0.1, -0.05) is 252 Å². The molecule has 0 saturated carbocycles. The van der Waals surface area contributed by atoms with Crippen LogP contribution in [0.1, 0.15) is 245 Å². The summed E-state index contributed by atoms with van der Waals surface area (Å²) in [5.41, 5.74) is 0. The molecule has 0 aromatic heterocycles. The number of carbonyl (C=O) groups is 3. The minimum Gasteiger partial charge on any atom is -0.477 e. The van der Waals surface area contributed by atoms with Gasteiger partial charge in [0.1, 0.15) is 13.2 Å². The molecule has 2 atom stereocenters. The van der Waals surface area contributed by atoms with E-state index in [9.17, 15) is 19.5 Å². The molecular weight excluding hydrogens is 935 g/mol. The van der Waals surface area contributed by atoms with E-state index in [0.29, 0.717) is 23.9 Å². The third-order valence-electron chi connectivity index (χ3n) is 12.9. The standard InChI is InChI=1S/C66H113NO8/c1-6-8-10-12-14-16-18-20-22-24-26-27-28-29-30-31-32-33-34-35-36-37-39-41-43-45-47-49-51-53-55-57-64(69)75-62(61-74-66(65(70)71)72-59-58-67(3,4)5)60-73-63(68)56-54-52-50-48-46-44-42-40-38-25-23-21-19-17-15-13-11-9-7-2/h8,10,14,16,20,22,26-27,29-30,32-33,35-36,39,41,62,66H,6-7,9,11-13,15,17-19,21,23-25,28,31,34,37-38,40,42-61H2,1-5H3/p+1/b10-8-,16-14-,22-20-,27-26-,30-29-,33-32-,36-35-,41-39-. The second-order valence-electron chi connectivity index (χ2n) is 21.3. The second kappa shape index (κ2) is 56.4. The Morgan fingerprint density at radius 2 is 0.760 bits per heavy atom. The van der Waals surface area contributed by atoms with E-state index in [1.165, 1.54) is 103 Å². The lowest BCUT2D eigenvalue weighted by atomic mass is 10.0. The van der Waals surface area contributed by atoms with Gasteiger partial charge >= 0.3 is 17.9 Å². The topological polar surface area (TPSA) is 108 Å². The molecule has 0 aliphatic carbocycles. The Kier molecular flexibility index (Phi) is 53.6. The zero-order chi connectivity index (χ0) is 54.8. The molecule has 0 fully saturated rings. The van der Waals surface area contributed by atoms with Crippen molar-refractivity contribution < 1.29 is 42.9 Å². The summed E-state index contributed by atoms with van der Waals surface area (Å²) in [4.78, 5) is 37.5. The van der Waals surface area contributed by atoms with Crippen molar-refractivity contribution in [3.8, 4) is 0 Å². The fourth-order valence-corrected chi connectivity index (χ4v) is 8.21. The van der Waals surface area contributed by atoms with Gasteiger partial charge in [0.2, 0.25) is 0 Å². The average molecular weight is 1050 g/mol. The Balaban J connectivity index is 4.27. The van der Waals surface area contributed by atoms with Gasteiger partial charge in [0.05, 0.1) is 34.4 Å². The smallest absolute Gasteiger partial charge is 0.361 e. The fourth-order valence-electron chi connectivity index (χ4n) is 8.21. The van der Waals surface area contributed by atoms with Crippen molar-refractivity contribution in [1.82, 2.24) is 0 Å². The van der Waals surface area contributed by atoms with Gasteiger partial charge in [-0.05, 0) is 77.0 Å². The highest BCUT2D eigenvalue weighted by Crippen LogP contribution is 2.16. The van der Waals surface area contributed by atoms with E-state index in [-0.39, 0.29) is 32.2 Å². The number of rotatable bonds is 55. The molecule has 0 aliphatic rings. The first-order valence-electron chi connectivity index (χ1n) is 30.4. The van der Waals surface area contributed by atoms with Gasteiger partial charge in [-0.3, -0.25) is 9.59 Å². The Bertz CT molecular complexity index is 1550. The normalized spacial score (nSPS) is 13.5. The minimum absolute atomic E-state index is 0.181. The molecule has 0 aromatic rings. The molecule has 9 heteroatoms. The van der Waals surface area contributed by atoms with Crippen LogP contribution < -0.4 is 0 Å². The van der Waals surface area contributed by atoms with Crippen LogP contribution in [0, 0.1) is 0 Å². The first kappa shape index (κ1) is 71.2. The number of carboxylic acids is 1. The second-order valence-corrected chi connectivity index (χ2v) is 21.3. The van der Waals surface area contributed by atoms with Crippen LogP contribution in [0.4, 0.5) is 0 Å². The van der Waals surface area contributed by atoms with Crippen molar-refractivity contribution in [2.24, 2.45) is 0 Å². The van der Waals surface area contributed by atoms with Gasteiger partial charge in [-0.25, -0.2) is 4.79 Å². The number of ether oxygens (including phenoxy) is 4. The van der Waals surface area contributed by atoms with E-state index in [2.05, 4.69) is 111 Å². The van der Waals surface area contributed by atoms with Crippen molar-refractivity contribution in [3.63, 3.8) is 0 Å². The quantitative estimate of drug-likeness (QED) is 0.0211. The molecular formula is C66H114NO8+. The highest BCUT2D eigenvalue weighted by Gasteiger charge is 2.25. The number of hydrogen-bond donors (Lipinski definition) is 1. The highest BCUT2D eigenvalue weighted by molar-refractivity contribution is 5.71. The molecule has 1 N–H and O–H groups in total. The number of allylic oxidation sites excluding steroid dienone is 16. The number of aliphatic carboxylic acids is 1. The molecule has 9 nitrogen and oxygen atoms in total. The van der Waals surface area contributed by atoms with Crippen LogP contribution in [0.25, 0.3) is 0 Å². The number of esters is 2. The number of hydrogen-bond acceptors (Lipinski definition) is 7. The molecule has 0 saturated heterocycles. The predicted molar refractivity (Wildman–Crippen MR) is 318 cm³/mol. The maximum Gasteiger partial charge on any atom is 0.361 e. The number of carboxylic acid groups (broad SMARTS) is 1. The lowest BCUT2D eigenvalue weighted by Gasteiger charge is -2.25. The Hall–Kier alpha value is -3.79. The molecule has 75 heavy (non-hydrogen) atoms. The van der Waals surface area contributed by atoms with E-state index < -0.39 is 24.3 Å². The van der Waals surface area contributed by atoms with Crippen LogP contribution in [0.5, 0.6) is 0 Å². The summed E-state index contributed by atoms with van der Waals surface area (Å²) in [6.07, 6.45) is 73.4. The number of carbonyl (C=O) groups excluding carboxylic acids is 2. The first-order chi connectivity index (χ1) is 36.6. The maximum atomic E-state index is 12.9. The number of unbranched alkanes of at least 4 members (excludes halogenated alkanes) is 24. The van der Waals surface area contributed by atoms with Gasteiger partial charge in [0.25, 0.3) is 6.29 Å². The third-order valence-corrected chi connectivity index (χ3v) is 12.9. The third kappa shape index (κ3) is 57.7. The summed E-state index contributed by atoms with van der Waals surface area (Å²) in [5.74, 6) is -2.02. The van der Waals surface area contributed by atoms with Gasteiger partial charge in [0, 0.05) is 12.8 Å². The van der Waals surface area contributed by atoms with Crippen LogP contribution in [0.15, 0.2) is 97.2 Å². The van der Waals surface area contributed by atoms with Crippen LogP contribution >= 0.6 is 0 Å². The predicted octanol–water partition coefficient (Wildman–Crippen LogP) is 18.1. The van der Waals surface area contributed by atoms with Gasteiger partial charge in [-0.15, -0.1) is 0 Å². The Morgan fingerprint density at radius 1 is 0.413 bits per heavy atom. The molecule has 0 bridgehead atoms. The molecule has 0 amide bonds. The number of nitrogens with zero attached hydrogens (tertiary/aromatic N) is 1. The summed E-state index contributed by atoms with van der Waals surface area (Å²) < 4.78 is 22.9. The van der Waals surface area contributed by atoms with E-state index in [1.54, 1.807) is 0 Å². The van der Waals surface area contributed by atoms with Gasteiger partial charge < -0.3 is 28.5 Å². The lowest BCUT2D eigenvalue weighted by molar-refractivity contribution is -0.870. The van der Waals surface area contributed by atoms with Crippen LogP contribution in [0.2, 0.25) is 0 Å². The minimum atomic E-state index is -1.52. The summed E-state index contributed by atoms with van der Waals surface area (Å²) in [6, 6.07) is 0. The SMILES string of the molecule is CC/C=C\C/C=C\C/C=C\C/C=C\C/C=C\C/C=C\C/C=C\C/C=C\CCCCCCCCC(=O)OC(COC(=O)CCCCCCCCCCCCCCCCCCCCC)COC(OCC[N+](C)(C)C)C(=O)O. The van der Waals surface area contributed by atoms with Crippen molar-refractivity contribution in [1.29, 1.82) is 0 Å². The van der Waals surface area contributed by atoms with Crippen molar-refractivity contribution in [3.05, 3.63) is 97.2 Å². The zero-order valence-electron chi connectivity index (χ0n) is 48.9. The monoisotopic (exact) mass is 1050 g/mol. The van der Waals surface area contributed by atoms with Crippen molar-refractivity contribution >= 4 is 17.9 Å². The number of quaternary nitrogens is 1. The molecule has 0 rings (SSSR count). The summed E-state index contributed by atoms with van der Waals surface area (Å²) in [7, 11) is 5.96. The Labute approximate surface area is 461 Å². The molecule has 2 unspecified atom stereocenters. The molecule has 0 radical (unpaired) electrons. The van der Waals surface area contributed by atoms with E-state index >= 15 is 0 Å². The molecule has 0 aromatic carbocycles. The molecule has 0 aliphatic heterocycles. The summed E-state index contributed by atoms with van der Waals surface area (Å²) in [6.45, 7) is 4.76. The summed E-state index contributed by atoms with van der Waals surface area (Å²) >= 11 is 0. The van der Waals surface area contributed by atoms with E-state index in [1.807, 2.05) is 21.1 Å². The zero-order valence-corrected chi connectivity index (χ0v) is 48.9. The Morgan fingerprint density at radius 3 is 1.13 bits per heavy atom. The lowest BCUT2D eigenvalue weighted by Crippen LogP contribution is -2.40. The maximum absolute atomic E-state index is 12.9. The van der Waals surface area contributed by atoms with Crippen LogP contribution in [-0.2, 0) is 33.3 Å². The van der Waals surface area contributed by atoms with Crippen molar-refractivity contribution in [2.45, 2.75) is 257 Å². The van der Waals surface area contributed by atoms with Gasteiger partial charge in [0.15, 0.2) is 6.10 Å². The van der Waals surface area contributed by atoms with Crippen molar-refractivity contribution in [2.75, 3.05) is 47.5 Å².